The van der Waals surface area contributed by atoms with Crippen LogP contribution >= 0.6 is 11.8 Å². The number of carbonyl (C=O) groups excluding carboxylic acids is 2. The molecule has 0 aliphatic carbocycles. The van der Waals surface area contributed by atoms with Crippen molar-refractivity contribution in [3.63, 3.8) is 0 Å². The zero-order valence-corrected chi connectivity index (χ0v) is 10.1. The van der Waals surface area contributed by atoms with E-state index < -0.39 is 23.1 Å². The van der Waals surface area contributed by atoms with Gasteiger partial charge in [0.2, 0.25) is 0 Å². The van der Waals surface area contributed by atoms with Crippen molar-refractivity contribution in [3.05, 3.63) is 23.5 Å². The van der Waals surface area contributed by atoms with Gasteiger partial charge in [-0.15, -0.1) is 11.8 Å². The number of phenols is 1. The fourth-order valence-corrected chi connectivity index (χ4v) is 1.79. The normalized spacial score (nSPS) is 10.1. The molecule has 0 aromatic heterocycles. The van der Waals surface area contributed by atoms with Crippen LogP contribution in [0.15, 0.2) is 17.0 Å². The molecule has 6 heteroatoms. The maximum atomic E-state index is 13.8. The maximum absolute atomic E-state index is 13.8. The van der Waals surface area contributed by atoms with Crippen molar-refractivity contribution in [1.82, 2.24) is 0 Å². The van der Waals surface area contributed by atoms with Crippen molar-refractivity contribution in [1.29, 1.82) is 0 Å². The van der Waals surface area contributed by atoms with Crippen LogP contribution in [0.3, 0.4) is 0 Å². The summed E-state index contributed by atoms with van der Waals surface area (Å²) in [7, 11) is 0. The number of rotatable bonds is 4. The number of hydrogen-bond donors (Lipinski definition) is 1. The van der Waals surface area contributed by atoms with E-state index in [9.17, 15) is 19.1 Å². The second-order valence-electron chi connectivity index (χ2n) is 3.03. The minimum Gasteiger partial charge on any atom is -0.507 e. The standard InChI is InChI=1S/C11H11FO4S/c1-3-16-11(15)9(14)6-4-5-7(13)10(17-2)8(6)12/h4-5,13H,3H2,1-2H3. The van der Waals surface area contributed by atoms with Crippen molar-refractivity contribution in [3.8, 4) is 5.75 Å². The number of esters is 1. The summed E-state index contributed by atoms with van der Waals surface area (Å²) in [6.07, 6.45) is 1.55. The quantitative estimate of drug-likeness (QED) is 0.387. The molecule has 1 aromatic rings. The Morgan fingerprint density at radius 3 is 2.65 bits per heavy atom. The third-order valence-corrected chi connectivity index (χ3v) is 2.78. The van der Waals surface area contributed by atoms with Crippen molar-refractivity contribution in [2.75, 3.05) is 12.9 Å². The van der Waals surface area contributed by atoms with Gasteiger partial charge in [-0.05, 0) is 25.3 Å². The lowest BCUT2D eigenvalue weighted by molar-refractivity contribution is -0.137. The fraction of sp³-hybridized carbons (Fsp3) is 0.273. The van der Waals surface area contributed by atoms with Crippen molar-refractivity contribution < 1.29 is 23.8 Å². The Kier molecular flexibility index (Phi) is 4.51. The van der Waals surface area contributed by atoms with Gasteiger partial charge < -0.3 is 9.84 Å². The Morgan fingerprint density at radius 2 is 2.12 bits per heavy atom. The number of hydrogen-bond acceptors (Lipinski definition) is 5. The van der Waals surface area contributed by atoms with E-state index in [1.165, 1.54) is 6.07 Å². The first-order valence-corrected chi connectivity index (χ1v) is 6.02. The first kappa shape index (κ1) is 13.5. The summed E-state index contributed by atoms with van der Waals surface area (Å²) >= 11 is 0.949. The molecule has 4 nitrogen and oxygen atoms in total. The number of ketones is 1. The molecular formula is C11H11FO4S. The molecule has 0 atom stereocenters. The highest BCUT2D eigenvalue weighted by Gasteiger charge is 2.24. The highest BCUT2D eigenvalue weighted by Crippen LogP contribution is 2.31. The Hall–Kier alpha value is -1.56. The number of ether oxygens (including phenoxy) is 1. The van der Waals surface area contributed by atoms with Gasteiger partial charge in [-0.1, -0.05) is 0 Å². The Morgan fingerprint density at radius 1 is 1.47 bits per heavy atom. The predicted octanol–water partition coefficient (Wildman–Crippen LogP) is 2.00. The van der Waals surface area contributed by atoms with Crippen molar-refractivity contribution >= 4 is 23.5 Å². The van der Waals surface area contributed by atoms with E-state index in [0.29, 0.717) is 0 Å². The molecule has 0 aliphatic heterocycles. The highest BCUT2D eigenvalue weighted by atomic mass is 32.2. The van der Waals surface area contributed by atoms with E-state index >= 15 is 0 Å². The summed E-state index contributed by atoms with van der Waals surface area (Å²) in [5.74, 6) is -3.34. The summed E-state index contributed by atoms with van der Waals surface area (Å²) < 4.78 is 18.3. The molecule has 1 N–H and O–H groups in total. The zero-order chi connectivity index (χ0) is 13.0. The van der Waals surface area contributed by atoms with Crippen LogP contribution in [-0.4, -0.2) is 29.7 Å². The van der Waals surface area contributed by atoms with E-state index in [0.717, 1.165) is 17.8 Å². The van der Waals surface area contributed by atoms with E-state index in [1.807, 2.05) is 0 Å². The fourth-order valence-electron chi connectivity index (χ4n) is 1.22. The van der Waals surface area contributed by atoms with Gasteiger partial charge in [-0.3, -0.25) is 4.79 Å². The van der Waals surface area contributed by atoms with E-state index in [1.54, 1.807) is 13.2 Å². The molecule has 0 heterocycles. The van der Waals surface area contributed by atoms with Crippen LogP contribution in [0.4, 0.5) is 4.39 Å². The monoisotopic (exact) mass is 258 g/mol. The van der Waals surface area contributed by atoms with Gasteiger partial charge in [0.05, 0.1) is 17.1 Å². The topological polar surface area (TPSA) is 63.6 Å². The Labute approximate surface area is 102 Å². The second kappa shape index (κ2) is 5.67. The molecule has 0 unspecified atom stereocenters. The van der Waals surface area contributed by atoms with Crippen LogP contribution < -0.4 is 0 Å². The van der Waals surface area contributed by atoms with Crippen LogP contribution in [0.2, 0.25) is 0 Å². The summed E-state index contributed by atoms with van der Waals surface area (Å²) in [6, 6.07) is 2.23. The van der Waals surface area contributed by atoms with Gasteiger partial charge in [-0.25, -0.2) is 9.18 Å². The first-order valence-electron chi connectivity index (χ1n) is 4.79. The van der Waals surface area contributed by atoms with Crippen molar-refractivity contribution in [2.24, 2.45) is 0 Å². The smallest absolute Gasteiger partial charge is 0.379 e. The van der Waals surface area contributed by atoms with E-state index in [4.69, 9.17) is 0 Å². The maximum Gasteiger partial charge on any atom is 0.379 e. The van der Waals surface area contributed by atoms with E-state index in [-0.39, 0.29) is 17.3 Å². The van der Waals surface area contributed by atoms with E-state index in [2.05, 4.69) is 4.74 Å². The molecule has 1 rings (SSSR count). The average Bonchev–Trinajstić information content (AvgIpc) is 2.29. The number of carbonyl (C=O) groups is 2. The highest BCUT2D eigenvalue weighted by molar-refractivity contribution is 7.98. The number of halogens is 1. The molecule has 0 amide bonds. The predicted molar refractivity (Wildman–Crippen MR) is 60.8 cm³/mol. The molecule has 0 aliphatic rings. The summed E-state index contributed by atoms with van der Waals surface area (Å²) in [4.78, 5) is 22.6. The van der Waals surface area contributed by atoms with Gasteiger partial charge >= 0.3 is 5.97 Å². The van der Waals surface area contributed by atoms with Crippen molar-refractivity contribution in [2.45, 2.75) is 11.8 Å². The molecule has 0 radical (unpaired) electrons. The third kappa shape index (κ3) is 2.76. The molecule has 17 heavy (non-hydrogen) atoms. The number of aromatic hydroxyl groups is 1. The van der Waals surface area contributed by atoms with Gasteiger partial charge in [0, 0.05) is 0 Å². The third-order valence-electron chi connectivity index (χ3n) is 1.99. The van der Waals surface area contributed by atoms with Crippen LogP contribution in [0, 0.1) is 5.82 Å². The largest absolute Gasteiger partial charge is 0.507 e. The average molecular weight is 258 g/mol. The van der Waals surface area contributed by atoms with Crippen LogP contribution in [0.1, 0.15) is 17.3 Å². The molecule has 1 aromatic carbocycles. The SMILES string of the molecule is CCOC(=O)C(=O)c1ccc(O)c(SC)c1F. The van der Waals surface area contributed by atoms with Gasteiger partial charge in [-0.2, -0.15) is 0 Å². The van der Waals surface area contributed by atoms with Gasteiger partial charge in [0.25, 0.3) is 5.78 Å². The molecule has 0 spiro atoms. The number of Topliss-reactive ketones (excluding diaryl/α,β-unsaturated/α-hetero) is 1. The molecule has 0 saturated heterocycles. The molecule has 0 saturated carbocycles. The lowest BCUT2D eigenvalue weighted by Gasteiger charge is -2.07. The van der Waals surface area contributed by atoms with Gasteiger partial charge in [0.15, 0.2) is 5.82 Å². The Balaban J connectivity index is 3.15. The number of benzene rings is 1. The first-order chi connectivity index (χ1) is 8.02. The van der Waals surface area contributed by atoms with Gasteiger partial charge in [0.1, 0.15) is 5.75 Å². The summed E-state index contributed by atoms with van der Waals surface area (Å²) in [5.41, 5.74) is -0.398. The van der Waals surface area contributed by atoms with Crippen LogP contribution in [-0.2, 0) is 9.53 Å². The zero-order valence-electron chi connectivity index (χ0n) is 9.32. The summed E-state index contributed by atoms with van der Waals surface area (Å²) in [5, 5.41) is 9.35. The number of phenolic OH excluding ortho intramolecular Hbond substituents is 1. The molecule has 0 fully saturated rings. The lowest BCUT2D eigenvalue weighted by atomic mass is 10.1. The molecular weight excluding hydrogens is 247 g/mol. The second-order valence-corrected chi connectivity index (χ2v) is 3.85. The lowest BCUT2D eigenvalue weighted by Crippen LogP contribution is -2.19. The van der Waals surface area contributed by atoms with Crippen LogP contribution in [0.25, 0.3) is 0 Å². The van der Waals surface area contributed by atoms with Crippen LogP contribution in [0.5, 0.6) is 5.75 Å². The number of thioether (sulfide) groups is 1. The minimum atomic E-state index is -1.11. The minimum absolute atomic E-state index is 0.0413. The Bertz CT molecular complexity index is 459. The summed E-state index contributed by atoms with van der Waals surface area (Å²) in [6.45, 7) is 1.59. The molecule has 92 valence electrons. The molecule has 0 bridgehead atoms.